The van der Waals surface area contributed by atoms with E-state index in [1.165, 1.54) is 5.39 Å². The Bertz CT molecular complexity index is 2550. The van der Waals surface area contributed by atoms with Crippen molar-refractivity contribution >= 4 is 43.7 Å². The summed E-state index contributed by atoms with van der Waals surface area (Å²) < 4.78 is 6.29. The molecule has 9 rings (SSSR count). The van der Waals surface area contributed by atoms with Crippen LogP contribution < -0.4 is 0 Å². The molecule has 5 nitrogen and oxygen atoms in total. The van der Waals surface area contributed by atoms with E-state index in [4.69, 9.17) is 24.4 Å². The van der Waals surface area contributed by atoms with Crippen LogP contribution >= 0.6 is 0 Å². The first-order valence-corrected chi connectivity index (χ1v) is 14.9. The molecule has 0 saturated carbocycles. The molecule has 0 amide bonds. The van der Waals surface area contributed by atoms with Crippen molar-refractivity contribution in [2.24, 2.45) is 0 Å². The Kier molecular flexibility index (Phi) is 5.74. The molecule has 9 aromatic rings. The van der Waals surface area contributed by atoms with Crippen molar-refractivity contribution in [2.45, 2.75) is 0 Å². The number of aromatic nitrogens is 4. The molecule has 4 aromatic heterocycles. The Morgan fingerprint density at radius 3 is 1.96 bits per heavy atom. The van der Waals surface area contributed by atoms with Crippen LogP contribution in [0, 0.1) is 0 Å². The quantitative estimate of drug-likeness (QED) is 0.195. The van der Waals surface area contributed by atoms with Crippen LogP contribution in [0.4, 0.5) is 0 Å². The van der Waals surface area contributed by atoms with E-state index in [2.05, 4.69) is 66.7 Å². The minimum absolute atomic E-state index is 0.633. The molecule has 5 heteroatoms. The van der Waals surface area contributed by atoms with Crippen LogP contribution in [0.15, 0.2) is 150 Å². The third kappa shape index (κ3) is 4.25. The number of benzene rings is 5. The molecule has 0 atom stereocenters. The Morgan fingerprint density at radius 2 is 1.07 bits per heavy atom. The van der Waals surface area contributed by atoms with Gasteiger partial charge in [0, 0.05) is 32.8 Å². The lowest BCUT2D eigenvalue weighted by molar-refractivity contribution is 0.667. The fourth-order valence-corrected chi connectivity index (χ4v) is 6.16. The number of pyridine rings is 2. The lowest BCUT2D eigenvalue weighted by atomic mass is 10.0. The minimum atomic E-state index is 0.633. The van der Waals surface area contributed by atoms with Crippen LogP contribution in [-0.4, -0.2) is 19.9 Å². The van der Waals surface area contributed by atoms with Gasteiger partial charge < -0.3 is 4.42 Å². The normalized spacial score (nSPS) is 11.6. The van der Waals surface area contributed by atoms with E-state index in [9.17, 15) is 0 Å². The van der Waals surface area contributed by atoms with Gasteiger partial charge >= 0.3 is 0 Å². The van der Waals surface area contributed by atoms with Crippen molar-refractivity contribution in [3.05, 3.63) is 146 Å². The number of para-hydroxylation sites is 2. The second-order valence-corrected chi connectivity index (χ2v) is 11.0. The number of fused-ring (bicyclic) bond motifs is 6. The van der Waals surface area contributed by atoms with Crippen molar-refractivity contribution in [1.82, 2.24) is 19.9 Å². The zero-order valence-electron chi connectivity index (χ0n) is 24.1. The molecule has 0 saturated heterocycles. The van der Waals surface area contributed by atoms with Crippen LogP contribution in [0.2, 0.25) is 0 Å². The van der Waals surface area contributed by atoms with Crippen LogP contribution in [0.5, 0.6) is 0 Å². The van der Waals surface area contributed by atoms with Gasteiger partial charge in [-0.3, -0.25) is 0 Å². The summed E-state index contributed by atoms with van der Waals surface area (Å²) >= 11 is 0. The summed E-state index contributed by atoms with van der Waals surface area (Å²) in [5.74, 6) is 0.633. The molecule has 4 heterocycles. The van der Waals surface area contributed by atoms with Crippen molar-refractivity contribution in [1.29, 1.82) is 0 Å². The highest BCUT2D eigenvalue weighted by Gasteiger charge is 2.18. The standard InChI is InChI=1S/C40H24N4O/c1-2-12-25(13-3-1)36-39-38(31-19-7-9-23-35(31)45-39)44-40(43-36)27-15-10-14-26(24-27)32-21-11-22-34(41-32)37-30-18-5-4-16-28(30)29-17-6-8-20-33(29)42-37/h1-24H. The highest BCUT2D eigenvalue weighted by molar-refractivity contribution is 6.10. The predicted octanol–water partition coefficient (Wildman–Crippen LogP) is 10.1. The van der Waals surface area contributed by atoms with E-state index in [0.29, 0.717) is 11.4 Å². The fraction of sp³-hybridized carbons (Fsp3) is 0. The van der Waals surface area contributed by atoms with E-state index in [-0.39, 0.29) is 0 Å². The molecule has 0 aliphatic heterocycles. The Labute approximate surface area is 258 Å². The van der Waals surface area contributed by atoms with Gasteiger partial charge in [0.1, 0.15) is 16.8 Å². The lowest BCUT2D eigenvalue weighted by Crippen LogP contribution is -1.95. The maximum atomic E-state index is 6.29. The summed E-state index contributed by atoms with van der Waals surface area (Å²) in [7, 11) is 0. The molecule has 0 aliphatic rings. The Balaban J connectivity index is 1.19. The van der Waals surface area contributed by atoms with Crippen molar-refractivity contribution in [2.75, 3.05) is 0 Å². The smallest absolute Gasteiger partial charge is 0.180 e. The number of nitrogens with zero attached hydrogens (tertiary/aromatic N) is 4. The SMILES string of the molecule is c1ccc(-c2nc(-c3cccc(-c4cccc(-c5nc6ccccc6c6ccccc56)n4)c3)nc3c2oc2ccccc23)cc1. The first-order chi connectivity index (χ1) is 22.3. The monoisotopic (exact) mass is 576 g/mol. The van der Waals surface area contributed by atoms with Gasteiger partial charge in [-0.2, -0.15) is 0 Å². The first kappa shape index (κ1) is 25.3. The zero-order chi connectivity index (χ0) is 29.7. The molecule has 0 fully saturated rings. The van der Waals surface area contributed by atoms with Gasteiger partial charge in [-0.15, -0.1) is 0 Å². The number of hydrogen-bond donors (Lipinski definition) is 0. The van der Waals surface area contributed by atoms with E-state index >= 15 is 0 Å². The molecule has 210 valence electrons. The van der Waals surface area contributed by atoms with Gasteiger partial charge in [0.05, 0.1) is 22.6 Å². The van der Waals surface area contributed by atoms with Gasteiger partial charge in [-0.25, -0.2) is 19.9 Å². The summed E-state index contributed by atoms with van der Waals surface area (Å²) in [6.07, 6.45) is 0. The van der Waals surface area contributed by atoms with Gasteiger partial charge in [0.25, 0.3) is 0 Å². The van der Waals surface area contributed by atoms with Gasteiger partial charge in [-0.05, 0) is 41.8 Å². The van der Waals surface area contributed by atoms with E-state index in [0.717, 1.165) is 72.2 Å². The van der Waals surface area contributed by atoms with Crippen LogP contribution in [0.25, 0.3) is 89.0 Å². The molecular weight excluding hydrogens is 552 g/mol. The molecule has 45 heavy (non-hydrogen) atoms. The average Bonchev–Trinajstić information content (AvgIpc) is 3.50. The maximum absolute atomic E-state index is 6.29. The second-order valence-electron chi connectivity index (χ2n) is 11.0. The molecule has 0 unspecified atom stereocenters. The van der Waals surface area contributed by atoms with E-state index < -0.39 is 0 Å². The first-order valence-electron chi connectivity index (χ1n) is 14.9. The van der Waals surface area contributed by atoms with Gasteiger partial charge in [0.2, 0.25) is 0 Å². The van der Waals surface area contributed by atoms with Crippen LogP contribution in [0.3, 0.4) is 0 Å². The van der Waals surface area contributed by atoms with Crippen LogP contribution in [-0.2, 0) is 0 Å². The summed E-state index contributed by atoms with van der Waals surface area (Å²) in [6.45, 7) is 0. The highest BCUT2D eigenvalue weighted by Crippen LogP contribution is 2.37. The molecule has 0 bridgehead atoms. The Morgan fingerprint density at radius 1 is 0.400 bits per heavy atom. The summed E-state index contributed by atoms with van der Waals surface area (Å²) in [6, 6.07) is 49.2. The number of rotatable bonds is 4. The molecule has 0 N–H and O–H groups in total. The molecule has 0 radical (unpaired) electrons. The summed E-state index contributed by atoms with van der Waals surface area (Å²) in [4.78, 5) is 20.3. The zero-order valence-corrected chi connectivity index (χ0v) is 24.1. The third-order valence-corrected chi connectivity index (χ3v) is 8.28. The second kappa shape index (κ2) is 10.2. The molecule has 0 aliphatic carbocycles. The minimum Gasteiger partial charge on any atom is -0.452 e. The summed E-state index contributed by atoms with van der Waals surface area (Å²) in [5, 5.41) is 4.35. The van der Waals surface area contributed by atoms with Crippen LogP contribution in [0.1, 0.15) is 0 Å². The largest absolute Gasteiger partial charge is 0.452 e. The molecule has 0 spiro atoms. The van der Waals surface area contributed by atoms with Gasteiger partial charge in [-0.1, -0.05) is 109 Å². The maximum Gasteiger partial charge on any atom is 0.180 e. The van der Waals surface area contributed by atoms with E-state index in [1.54, 1.807) is 0 Å². The number of hydrogen-bond acceptors (Lipinski definition) is 5. The van der Waals surface area contributed by atoms with Crippen molar-refractivity contribution < 1.29 is 4.42 Å². The predicted molar refractivity (Wildman–Crippen MR) is 182 cm³/mol. The third-order valence-electron chi connectivity index (χ3n) is 8.28. The van der Waals surface area contributed by atoms with E-state index in [1.807, 2.05) is 78.9 Å². The molecule has 5 aromatic carbocycles. The summed E-state index contributed by atoms with van der Waals surface area (Å²) in [5.41, 5.74) is 9.41. The molecular formula is C40H24N4O. The average molecular weight is 577 g/mol. The van der Waals surface area contributed by atoms with Crippen molar-refractivity contribution in [3.8, 4) is 45.3 Å². The Hall–Kier alpha value is -6.20. The fourth-order valence-electron chi connectivity index (χ4n) is 6.16. The number of furan rings is 1. The topological polar surface area (TPSA) is 64.7 Å². The van der Waals surface area contributed by atoms with Gasteiger partial charge in [0.15, 0.2) is 11.4 Å². The van der Waals surface area contributed by atoms with Crippen molar-refractivity contribution in [3.63, 3.8) is 0 Å². The lowest BCUT2D eigenvalue weighted by Gasteiger charge is -2.11. The highest BCUT2D eigenvalue weighted by atomic mass is 16.3.